The zero-order valence-electron chi connectivity index (χ0n) is 71.4. The first kappa shape index (κ1) is 89.0. The van der Waals surface area contributed by atoms with Gasteiger partial charge in [-0.2, -0.15) is 0 Å². The van der Waals surface area contributed by atoms with Crippen LogP contribution >= 0.6 is 90.7 Å². The van der Waals surface area contributed by atoms with Crippen LogP contribution in [0, 0.1) is 81.7 Å². The normalized spacial score (nSPS) is 10.4. The Kier molecular flexibility index (Phi) is 30.8. The topological polar surface area (TPSA) is 17.4 Å². The molecule has 608 valence electrons. The van der Waals surface area contributed by atoms with Gasteiger partial charge in [0.05, 0.1) is 0 Å². The Labute approximate surface area is 758 Å². The molecule has 24 aromatic rings. The summed E-state index contributed by atoms with van der Waals surface area (Å²) in [5.74, 6) is 0. The van der Waals surface area contributed by atoms with E-state index in [1.807, 2.05) is 90.7 Å². The van der Waals surface area contributed by atoms with Gasteiger partial charge in [0.15, 0.2) is 0 Å². The zero-order valence-corrected chi connectivity index (χ0v) is 77.9. The highest BCUT2D eigenvalue weighted by molar-refractivity contribution is 7.28. The van der Waals surface area contributed by atoms with Crippen molar-refractivity contribution in [3.63, 3.8) is 0 Å². The average Bonchev–Trinajstić information content (AvgIpc) is 1.63. The van der Waals surface area contributed by atoms with Crippen molar-refractivity contribution in [1.29, 1.82) is 0 Å². The third-order valence-electron chi connectivity index (χ3n) is 20.6. The van der Waals surface area contributed by atoms with E-state index in [0.717, 1.165) is 0 Å². The van der Waals surface area contributed by atoms with Crippen molar-refractivity contribution in [2.45, 2.75) is 55.4 Å². The molecule has 16 aromatic carbocycles. The Hall–Kier alpha value is -12.8. The molecule has 8 aromatic heterocycles. The number of hydrogen-bond acceptors (Lipinski definition) is 8. The monoisotopic (exact) mass is 1750 g/mol. The molecular formula is C112H92N4S8. The second-order valence-electron chi connectivity index (χ2n) is 29.5. The van der Waals surface area contributed by atoms with Crippen LogP contribution in [-0.4, -0.2) is 28.2 Å². The van der Waals surface area contributed by atoms with Gasteiger partial charge in [-0.05, 0) is 186 Å². The van der Waals surface area contributed by atoms with Crippen molar-refractivity contribution in [3.05, 3.63) is 430 Å². The van der Waals surface area contributed by atoms with E-state index in [1.54, 1.807) is 0 Å². The summed E-state index contributed by atoms with van der Waals surface area (Å²) in [5.41, 5.74) is 10.8. The third-order valence-corrected chi connectivity index (χ3v) is 30.0. The molecule has 0 spiro atoms. The van der Waals surface area contributed by atoms with E-state index in [1.165, 1.54) is 234 Å². The van der Waals surface area contributed by atoms with Gasteiger partial charge in [-0.3, -0.25) is 0 Å². The lowest BCUT2D eigenvalue weighted by Gasteiger charge is -1.95. The summed E-state index contributed by atoms with van der Waals surface area (Å²) < 4.78 is 22.3. The minimum atomic E-state index is 1.33. The van der Waals surface area contributed by atoms with Gasteiger partial charge in [-0.1, -0.05) is 254 Å². The lowest BCUT2D eigenvalue weighted by atomic mass is 10.1. The Morgan fingerprint density at radius 2 is 0.355 bits per heavy atom. The first-order valence-electron chi connectivity index (χ1n) is 40.5. The number of benzene rings is 16. The van der Waals surface area contributed by atoms with Crippen LogP contribution in [0.2, 0.25) is 0 Å². The van der Waals surface area contributed by atoms with Crippen molar-refractivity contribution >= 4 is 252 Å². The van der Waals surface area contributed by atoms with Crippen LogP contribution in [-0.2, 0) is 0 Å². The molecule has 0 N–H and O–H groups in total. The molecule has 124 heavy (non-hydrogen) atoms. The summed E-state index contributed by atoms with van der Waals surface area (Å²) >= 11 is 15.0. The van der Waals surface area contributed by atoms with Crippen LogP contribution < -0.4 is 0 Å². The first-order chi connectivity index (χ1) is 60.5. The first-order valence-corrected chi connectivity index (χ1v) is 47.0. The molecule has 0 bridgehead atoms. The van der Waals surface area contributed by atoms with E-state index in [2.05, 4.69) is 414 Å². The maximum atomic E-state index is 5.83. The molecule has 0 atom stereocenters. The molecule has 0 saturated heterocycles. The predicted octanol–water partition coefficient (Wildman–Crippen LogP) is 37.0. The molecule has 0 aliphatic rings. The molecule has 12 heteroatoms. The summed E-state index contributed by atoms with van der Waals surface area (Å²) in [5, 5.41) is 22.3. The maximum Gasteiger partial charge on any atom is 0.205 e. The van der Waals surface area contributed by atoms with E-state index in [4.69, 9.17) is 26.3 Å². The van der Waals surface area contributed by atoms with E-state index < -0.39 is 0 Å². The molecule has 0 saturated carbocycles. The molecule has 4 nitrogen and oxygen atoms in total. The molecule has 24 rings (SSSR count). The molecule has 8 heterocycles. The fraction of sp³-hybridized carbons (Fsp3) is 0.107. The molecule has 0 aliphatic heterocycles. The van der Waals surface area contributed by atoms with Crippen molar-refractivity contribution in [2.24, 2.45) is 0 Å². The SMILES string of the molecule is Cc1ccc2c(c1)sc1ccccc12.Cc1ccc2c(c1)sc1ccccc12.Cc1ccc2sc3ccccc3c2c1.Cc1ccc2sc3ccccc3c2c1.Cc1cccc2c1sc1ccccc12.Cc1cccc2c1sc1ccccc12.Cc1cccc2sc3ccccc3c12.Cc1cccc2sc3ccccc3c12.[C-]#[N+]C.[C-]#[N+]C.[C-]#[N+]C.[C-]#[N+]C. The van der Waals surface area contributed by atoms with Crippen molar-refractivity contribution in [2.75, 3.05) is 28.2 Å². The van der Waals surface area contributed by atoms with E-state index >= 15 is 0 Å². The zero-order chi connectivity index (χ0) is 87.2. The van der Waals surface area contributed by atoms with E-state index in [-0.39, 0.29) is 0 Å². The van der Waals surface area contributed by atoms with Crippen LogP contribution in [0.25, 0.3) is 181 Å². The second kappa shape index (κ2) is 42.8. The van der Waals surface area contributed by atoms with Gasteiger partial charge < -0.3 is 19.4 Å². The highest BCUT2D eigenvalue weighted by Gasteiger charge is 2.12. The largest absolute Gasteiger partial charge is 0.320 e. The maximum absolute atomic E-state index is 5.83. The smallest absolute Gasteiger partial charge is 0.205 e. The number of thiophene rings is 8. The molecule has 0 aliphatic carbocycles. The number of rotatable bonds is 0. The molecule has 0 fully saturated rings. The third kappa shape index (κ3) is 20.9. The summed E-state index contributed by atoms with van der Waals surface area (Å²) in [6, 6.07) is 122. The van der Waals surface area contributed by atoms with Gasteiger partial charge in [0.2, 0.25) is 28.2 Å². The molecular weight excluding hydrogens is 1660 g/mol. The van der Waals surface area contributed by atoms with Gasteiger partial charge in [0, 0.05) is 161 Å². The molecule has 0 radical (unpaired) electrons. The molecule has 0 unspecified atom stereocenters. The highest BCUT2D eigenvalue weighted by Crippen LogP contribution is 2.42. The standard InChI is InChI=1S/8C13H10S.4C2H3N/c2*1-9-5-4-7-11-10-6-2-3-8-12(10)14-13(9)11;2*1-9-5-4-8-12-13(9)10-6-2-3-7-11(10)14-12;2*1-9-6-7-13-11(8-9)10-4-2-3-5-12(10)14-13;2*1-9-6-7-11-10-4-2-3-5-12(10)14-13(11)8-9;4*1-3-2/h8*2-8H,1H3;4*1H3. The number of hydrogen-bond donors (Lipinski definition) is 0. The lowest BCUT2D eigenvalue weighted by Crippen LogP contribution is -1.72. The number of aryl methyl sites for hydroxylation is 8. The summed E-state index contributed by atoms with van der Waals surface area (Å²) in [7, 11) is 5.67. The van der Waals surface area contributed by atoms with Crippen molar-refractivity contribution in [1.82, 2.24) is 0 Å². The van der Waals surface area contributed by atoms with Crippen LogP contribution in [0.15, 0.2) is 340 Å². The highest BCUT2D eigenvalue weighted by atomic mass is 32.1. The Morgan fingerprint density at radius 1 is 0.161 bits per heavy atom. The van der Waals surface area contributed by atoms with Crippen LogP contribution in [0.1, 0.15) is 44.5 Å². The fourth-order valence-corrected chi connectivity index (χ4v) is 24.3. The molecule has 0 amide bonds. The fourth-order valence-electron chi connectivity index (χ4n) is 15.0. The number of nitrogens with zero attached hydrogens (tertiary/aromatic N) is 4. The van der Waals surface area contributed by atoms with E-state index in [0.29, 0.717) is 0 Å². The van der Waals surface area contributed by atoms with Gasteiger partial charge >= 0.3 is 0 Å². The number of fused-ring (bicyclic) bond motifs is 24. The second-order valence-corrected chi connectivity index (χ2v) is 38.1. The van der Waals surface area contributed by atoms with Crippen LogP contribution in [0.4, 0.5) is 0 Å². The minimum Gasteiger partial charge on any atom is -0.320 e. The Bertz CT molecular complexity index is 7460. The van der Waals surface area contributed by atoms with Crippen molar-refractivity contribution in [3.8, 4) is 0 Å². The summed E-state index contributed by atoms with van der Waals surface area (Å²) in [6.45, 7) is 40.6. The summed E-state index contributed by atoms with van der Waals surface area (Å²) in [4.78, 5) is 11.0. The lowest BCUT2D eigenvalue weighted by molar-refractivity contribution is 1.52. The predicted molar refractivity (Wildman–Crippen MR) is 563 cm³/mol. The van der Waals surface area contributed by atoms with E-state index in [9.17, 15) is 0 Å². The van der Waals surface area contributed by atoms with Gasteiger partial charge in [0.1, 0.15) is 0 Å². The quantitative estimate of drug-likeness (QED) is 0.135. The van der Waals surface area contributed by atoms with Gasteiger partial charge in [-0.25, -0.2) is 26.3 Å². The van der Waals surface area contributed by atoms with Gasteiger partial charge in [-0.15, -0.1) is 90.7 Å². The Morgan fingerprint density at radius 3 is 0.677 bits per heavy atom. The Balaban J connectivity index is 0.000000119. The minimum absolute atomic E-state index is 1.33. The van der Waals surface area contributed by atoms with Crippen molar-refractivity contribution < 1.29 is 0 Å². The van der Waals surface area contributed by atoms with Crippen LogP contribution in [0.5, 0.6) is 0 Å². The van der Waals surface area contributed by atoms with Gasteiger partial charge in [0.25, 0.3) is 0 Å². The summed E-state index contributed by atoms with van der Waals surface area (Å²) in [6.07, 6.45) is 0. The average molecular weight is 1750 g/mol. The van der Waals surface area contributed by atoms with Crippen LogP contribution in [0.3, 0.4) is 0 Å².